The summed E-state index contributed by atoms with van der Waals surface area (Å²) in [4.78, 5) is 11.0. The molecule has 0 bridgehead atoms. The molecule has 6 heteroatoms. The number of aliphatic hydroxyl groups is 1. The highest BCUT2D eigenvalue weighted by Gasteiger charge is 2.36. The van der Waals surface area contributed by atoms with Crippen LogP contribution in [0.25, 0.3) is 11.1 Å². The van der Waals surface area contributed by atoms with Gasteiger partial charge in [-0.1, -0.05) is 42.5 Å². The highest BCUT2D eigenvalue weighted by molar-refractivity contribution is 7.89. The predicted octanol–water partition coefficient (Wildman–Crippen LogP) is 2.31. The Bertz CT molecular complexity index is 830. The molecule has 0 amide bonds. The van der Waals surface area contributed by atoms with Gasteiger partial charge in [0.1, 0.15) is 6.29 Å². The lowest BCUT2D eigenvalue weighted by molar-refractivity contribution is 0.112. The van der Waals surface area contributed by atoms with E-state index >= 15 is 0 Å². The molecular formula is C18H19NO4S. The minimum absolute atomic E-state index is 0.171. The molecule has 1 heterocycles. The second kappa shape index (κ2) is 6.84. The van der Waals surface area contributed by atoms with Crippen molar-refractivity contribution in [3.05, 3.63) is 54.1 Å². The maximum Gasteiger partial charge on any atom is 0.244 e. The van der Waals surface area contributed by atoms with Gasteiger partial charge in [0.2, 0.25) is 10.0 Å². The summed E-state index contributed by atoms with van der Waals surface area (Å²) in [5.41, 5.74) is 1.87. The summed E-state index contributed by atoms with van der Waals surface area (Å²) in [5.74, 6) is 0. The number of nitrogens with zero attached hydrogens (tertiary/aromatic N) is 1. The van der Waals surface area contributed by atoms with Gasteiger partial charge in [0.25, 0.3) is 0 Å². The Labute approximate surface area is 141 Å². The number of aliphatic hydroxyl groups excluding tert-OH is 1. The topological polar surface area (TPSA) is 74.7 Å². The molecule has 5 nitrogen and oxygen atoms in total. The van der Waals surface area contributed by atoms with E-state index in [0.717, 1.165) is 18.3 Å². The van der Waals surface area contributed by atoms with Gasteiger partial charge in [-0.25, -0.2) is 8.42 Å². The zero-order valence-electron chi connectivity index (χ0n) is 13.1. The minimum atomic E-state index is -3.69. The maximum absolute atomic E-state index is 13.1. The first kappa shape index (κ1) is 16.8. The Morgan fingerprint density at radius 3 is 2.50 bits per heavy atom. The summed E-state index contributed by atoms with van der Waals surface area (Å²) in [6.45, 7) is 0.251. The van der Waals surface area contributed by atoms with E-state index in [1.807, 2.05) is 0 Å². The Kier molecular flexibility index (Phi) is 4.80. The molecule has 0 spiro atoms. The summed E-state index contributed by atoms with van der Waals surface area (Å²) in [6.07, 6.45) is 2.18. The average Bonchev–Trinajstić information content (AvgIpc) is 3.11. The zero-order chi connectivity index (χ0) is 17.2. The van der Waals surface area contributed by atoms with E-state index in [9.17, 15) is 18.3 Å². The van der Waals surface area contributed by atoms with Gasteiger partial charge >= 0.3 is 0 Å². The minimum Gasteiger partial charge on any atom is -0.395 e. The third kappa shape index (κ3) is 3.00. The van der Waals surface area contributed by atoms with E-state index in [1.54, 1.807) is 48.5 Å². The van der Waals surface area contributed by atoms with Gasteiger partial charge in [0.05, 0.1) is 11.5 Å². The van der Waals surface area contributed by atoms with Gasteiger partial charge in [0.15, 0.2) is 0 Å². The van der Waals surface area contributed by atoms with Gasteiger partial charge in [0, 0.05) is 23.7 Å². The van der Waals surface area contributed by atoms with Crippen LogP contribution in [0.3, 0.4) is 0 Å². The molecule has 24 heavy (non-hydrogen) atoms. The maximum atomic E-state index is 13.1. The smallest absolute Gasteiger partial charge is 0.244 e. The van der Waals surface area contributed by atoms with Crippen molar-refractivity contribution < 1.29 is 18.3 Å². The molecule has 0 aromatic heterocycles. The standard InChI is InChI=1S/C18H19NO4S/c20-12-14-7-9-15(10-8-14)17-5-1-2-6-18(17)24(22,23)19-11-3-4-16(19)13-21/h1-2,5-10,12,16,21H,3-4,11,13H2/t16-/m0/s1. The normalized spacial score (nSPS) is 18.6. The number of sulfonamides is 1. The number of carbonyl (C=O) groups excluding carboxylic acids is 1. The predicted molar refractivity (Wildman–Crippen MR) is 91.3 cm³/mol. The molecule has 0 aliphatic carbocycles. The lowest BCUT2D eigenvalue weighted by atomic mass is 10.0. The second-order valence-electron chi connectivity index (χ2n) is 5.83. The largest absolute Gasteiger partial charge is 0.395 e. The molecule has 0 saturated carbocycles. The zero-order valence-corrected chi connectivity index (χ0v) is 13.9. The van der Waals surface area contributed by atoms with Crippen molar-refractivity contribution in [3.8, 4) is 11.1 Å². The third-order valence-corrected chi connectivity index (χ3v) is 6.38. The lowest BCUT2D eigenvalue weighted by Gasteiger charge is -2.23. The summed E-state index contributed by atoms with van der Waals surface area (Å²) in [7, 11) is -3.69. The van der Waals surface area contributed by atoms with Crippen LogP contribution in [0.5, 0.6) is 0 Å². The molecule has 1 aliphatic rings. The van der Waals surface area contributed by atoms with Crippen molar-refractivity contribution in [2.75, 3.05) is 13.2 Å². The fourth-order valence-corrected chi connectivity index (χ4v) is 5.01. The Morgan fingerprint density at radius 1 is 1.12 bits per heavy atom. The van der Waals surface area contributed by atoms with Crippen LogP contribution in [0.1, 0.15) is 23.2 Å². The van der Waals surface area contributed by atoms with Crippen LogP contribution in [-0.2, 0) is 10.0 Å². The molecule has 126 valence electrons. The van der Waals surface area contributed by atoms with Crippen molar-refractivity contribution in [2.24, 2.45) is 0 Å². The van der Waals surface area contributed by atoms with Crippen LogP contribution >= 0.6 is 0 Å². The average molecular weight is 345 g/mol. The Hall–Kier alpha value is -2.02. The molecule has 1 N–H and O–H groups in total. The van der Waals surface area contributed by atoms with Crippen LogP contribution < -0.4 is 0 Å². The fourth-order valence-electron chi connectivity index (χ4n) is 3.11. The number of aldehydes is 1. The number of hydrogen-bond donors (Lipinski definition) is 1. The van der Waals surface area contributed by atoms with Gasteiger partial charge in [-0.2, -0.15) is 4.31 Å². The van der Waals surface area contributed by atoms with Gasteiger partial charge in [-0.3, -0.25) is 4.79 Å². The number of rotatable bonds is 5. The fraction of sp³-hybridized carbons (Fsp3) is 0.278. The van der Waals surface area contributed by atoms with Crippen LogP contribution in [0.4, 0.5) is 0 Å². The first-order chi connectivity index (χ1) is 11.6. The van der Waals surface area contributed by atoms with E-state index in [0.29, 0.717) is 24.1 Å². The van der Waals surface area contributed by atoms with Crippen LogP contribution in [-0.4, -0.2) is 43.3 Å². The van der Waals surface area contributed by atoms with Crippen LogP contribution in [0, 0.1) is 0 Å². The summed E-state index contributed by atoms with van der Waals surface area (Å²) in [5, 5.41) is 9.45. The molecule has 1 aliphatic heterocycles. The SMILES string of the molecule is O=Cc1ccc(-c2ccccc2S(=O)(=O)N2CCC[C@H]2CO)cc1. The van der Waals surface area contributed by atoms with Gasteiger partial charge < -0.3 is 5.11 Å². The van der Waals surface area contributed by atoms with Gasteiger partial charge in [-0.05, 0) is 24.5 Å². The van der Waals surface area contributed by atoms with Crippen molar-refractivity contribution >= 4 is 16.3 Å². The summed E-state index contributed by atoms with van der Waals surface area (Å²) in [6, 6.07) is 13.3. The van der Waals surface area contributed by atoms with E-state index in [-0.39, 0.29) is 17.5 Å². The molecule has 3 rings (SSSR count). The molecular weight excluding hydrogens is 326 g/mol. The third-order valence-electron chi connectivity index (χ3n) is 4.37. The molecule has 2 aromatic carbocycles. The van der Waals surface area contributed by atoms with Crippen molar-refractivity contribution in [1.82, 2.24) is 4.31 Å². The van der Waals surface area contributed by atoms with Crippen molar-refractivity contribution in [2.45, 2.75) is 23.8 Å². The molecule has 2 aromatic rings. The Balaban J connectivity index is 2.07. The number of benzene rings is 2. The summed E-state index contributed by atoms with van der Waals surface area (Å²) >= 11 is 0. The molecule has 1 atom stereocenters. The van der Waals surface area contributed by atoms with Crippen molar-refractivity contribution in [3.63, 3.8) is 0 Å². The molecule has 1 saturated heterocycles. The highest BCUT2D eigenvalue weighted by Crippen LogP contribution is 2.32. The van der Waals surface area contributed by atoms with Gasteiger partial charge in [-0.15, -0.1) is 0 Å². The molecule has 1 fully saturated rings. The summed E-state index contributed by atoms with van der Waals surface area (Å²) < 4.78 is 27.6. The number of hydrogen-bond acceptors (Lipinski definition) is 4. The first-order valence-electron chi connectivity index (χ1n) is 7.85. The lowest BCUT2D eigenvalue weighted by Crippen LogP contribution is -2.37. The van der Waals surface area contributed by atoms with Crippen LogP contribution in [0.15, 0.2) is 53.4 Å². The quantitative estimate of drug-likeness (QED) is 0.844. The van der Waals surface area contributed by atoms with E-state index < -0.39 is 10.0 Å². The second-order valence-corrected chi connectivity index (χ2v) is 7.69. The van der Waals surface area contributed by atoms with E-state index in [1.165, 1.54) is 4.31 Å². The van der Waals surface area contributed by atoms with Crippen molar-refractivity contribution in [1.29, 1.82) is 0 Å². The molecule has 0 radical (unpaired) electrons. The van der Waals surface area contributed by atoms with Crippen LogP contribution in [0.2, 0.25) is 0 Å². The molecule has 0 unspecified atom stereocenters. The highest BCUT2D eigenvalue weighted by atomic mass is 32.2. The van der Waals surface area contributed by atoms with E-state index in [4.69, 9.17) is 0 Å². The Morgan fingerprint density at radius 2 is 1.83 bits per heavy atom. The van der Waals surface area contributed by atoms with E-state index in [2.05, 4.69) is 0 Å². The number of carbonyl (C=O) groups is 1. The first-order valence-corrected chi connectivity index (χ1v) is 9.29. The monoisotopic (exact) mass is 345 g/mol.